The van der Waals surface area contributed by atoms with Crippen molar-refractivity contribution in [2.45, 2.75) is 19.8 Å². The molecule has 0 atom stereocenters. The van der Waals surface area contributed by atoms with Gasteiger partial charge < -0.3 is 10.2 Å². The molecule has 2 aromatic carbocycles. The van der Waals surface area contributed by atoms with Gasteiger partial charge in [0.05, 0.1) is 11.6 Å². The summed E-state index contributed by atoms with van der Waals surface area (Å²) in [5.74, 6) is -0.124. The molecule has 2 aromatic rings. The van der Waals surface area contributed by atoms with E-state index in [4.69, 9.17) is 5.26 Å². The van der Waals surface area contributed by atoms with Gasteiger partial charge in [0.2, 0.25) is 5.91 Å². The number of carbonyl (C=O) groups excluding carboxylic acids is 2. The SMILES string of the molecule is CCN1C(=O)CCc2cc(NC(=O)c3cccc(C#N)c3)ccc21. The van der Waals surface area contributed by atoms with Crippen molar-refractivity contribution in [1.82, 2.24) is 0 Å². The lowest BCUT2D eigenvalue weighted by Gasteiger charge is -2.28. The van der Waals surface area contributed by atoms with Gasteiger partial charge >= 0.3 is 0 Å². The van der Waals surface area contributed by atoms with E-state index in [0.717, 1.165) is 11.3 Å². The van der Waals surface area contributed by atoms with E-state index in [1.807, 2.05) is 25.1 Å². The van der Waals surface area contributed by atoms with Crippen LogP contribution in [0.15, 0.2) is 42.5 Å². The molecule has 0 radical (unpaired) electrons. The van der Waals surface area contributed by atoms with E-state index < -0.39 is 0 Å². The fraction of sp³-hybridized carbons (Fsp3) is 0.211. The number of benzene rings is 2. The van der Waals surface area contributed by atoms with E-state index in [-0.39, 0.29) is 11.8 Å². The molecule has 3 rings (SSSR count). The molecule has 1 heterocycles. The van der Waals surface area contributed by atoms with Crippen molar-refractivity contribution < 1.29 is 9.59 Å². The third-order valence-electron chi connectivity index (χ3n) is 4.11. The fourth-order valence-electron chi connectivity index (χ4n) is 2.92. The summed E-state index contributed by atoms with van der Waals surface area (Å²) in [6, 6.07) is 14.2. The van der Waals surface area contributed by atoms with E-state index in [1.54, 1.807) is 35.2 Å². The van der Waals surface area contributed by atoms with Gasteiger partial charge in [-0.15, -0.1) is 0 Å². The number of rotatable bonds is 3. The maximum absolute atomic E-state index is 12.3. The Labute approximate surface area is 140 Å². The van der Waals surface area contributed by atoms with Gasteiger partial charge in [0.15, 0.2) is 0 Å². The summed E-state index contributed by atoms with van der Waals surface area (Å²) in [4.78, 5) is 26.0. The quantitative estimate of drug-likeness (QED) is 0.944. The van der Waals surface area contributed by atoms with Gasteiger partial charge in [0.25, 0.3) is 5.91 Å². The Hall–Kier alpha value is -3.13. The fourth-order valence-corrected chi connectivity index (χ4v) is 2.92. The van der Waals surface area contributed by atoms with Crippen LogP contribution >= 0.6 is 0 Å². The molecule has 0 bridgehead atoms. The third-order valence-corrected chi connectivity index (χ3v) is 4.11. The van der Waals surface area contributed by atoms with E-state index in [1.165, 1.54) is 0 Å². The molecule has 0 saturated heterocycles. The first-order chi connectivity index (χ1) is 11.6. The molecule has 5 nitrogen and oxygen atoms in total. The summed E-state index contributed by atoms with van der Waals surface area (Å²) in [5, 5.41) is 11.8. The number of nitrogens with one attached hydrogen (secondary N) is 1. The molecular formula is C19H17N3O2. The van der Waals surface area contributed by atoms with Crippen LogP contribution < -0.4 is 10.2 Å². The highest BCUT2D eigenvalue weighted by atomic mass is 16.2. The molecule has 0 aromatic heterocycles. The first kappa shape index (κ1) is 15.8. The first-order valence-corrected chi connectivity index (χ1v) is 7.87. The second kappa shape index (κ2) is 6.55. The van der Waals surface area contributed by atoms with E-state index in [2.05, 4.69) is 5.32 Å². The molecular weight excluding hydrogens is 302 g/mol. The van der Waals surface area contributed by atoms with Crippen LogP contribution in [-0.2, 0) is 11.2 Å². The first-order valence-electron chi connectivity index (χ1n) is 7.87. The minimum atomic E-state index is -0.258. The Kier molecular flexibility index (Phi) is 4.30. The van der Waals surface area contributed by atoms with Gasteiger partial charge in [-0.1, -0.05) is 6.07 Å². The van der Waals surface area contributed by atoms with Crippen LogP contribution in [-0.4, -0.2) is 18.4 Å². The summed E-state index contributed by atoms with van der Waals surface area (Å²) in [7, 11) is 0. The predicted octanol–water partition coefficient (Wildman–Crippen LogP) is 3.11. The zero-order valence-corrected chi connectivity index (χ0v) is 13.4. The summed E-state index contributed by atoms with van der Waals surface area (Å²) < 4.78 is 0. The number of amides is 2. The van der Waals surface area contributed by atoms with Crippen LogP contribution in [0.2, 0.25) is 0 Å². The maximum atomic E-state index is 12.3. The van der Waals surface area contributed by atoms with Crippen molar-refractivity contribution in [1.29, 1.82) is 5.26 Å². The zero-order valence-electron chi connectivity index (χ0n) is 13.4. The Morgan fingerprint density at radius 1 is 1.25 bits per heavy atom. The number of hydrogen-bond acceptors (Lipinski definition) is 3. The predicted molar refractivity (Wildman–Crippen MR) is 91.9 cm³/mol. The zero-order chi connectivity index (χ0) is 17.1. The number of aryl methyl sites for hydroxylation is 1. The Morgan fingerprint density at radius 3 is 2.83 bits per heavy atom. The smallest absolute Gasteiger partial charge is 0.255 e. The molecule has 24 heavy (non-hydrogen) atoms. The lowest BCUT2D eigenvalue weighted by Crippen LogP contribution is -2.34. The van der Waals surface area contributed by atoms with E-state index in [0.29, 0.717) is 36.2 Å². The van der Waals surface area contributed by atoms with Crippen molar-refractivity contribution in [3.63, 3.8) is 0 Å². The largest absolute Gasteiger partial charge is 0.322 e. The average molecular weight is 319 g/mol. The van der Waals surface area contributed by atoms with Gasteiger partial charge in [0, 0.05) is 29.9 Å². The Balaban J connectivity index is 1.83. The highest BCUT2D eigenvalue weighted by Gasteiger charge is 2.23. The number of nitriles is 1. The summed E-state index contributed by atoms with van der Waals surface area (Å²) in [6.07, 6.45) is 1.17. The highest BCUT2D eigenvalue weighted by Crippen LogP contribution is 2.30. The molecule has 1 N–H and O–H groups in total. The molecule has 1 aliphatic heterocycles. The maximum Gasteiger partial charge on any atom is 0.255 e. The molecule has 0 spiro atoms. The van der Waals surface area contributed by atoms with Crippen molar-refractivity contribution >= 4 is 23.2 Å². The van der Waals surface area contributed by atoms with Crippen LogP contribution in [0.3, 0.4) is 0 Å². The molecule has 5 heteroatoms. The molecule has 0 saturated carbocycles. The van der Waals surface area contributed by atoms with Gasteiger partial charge in [-0.3, -0.25) is 9.59 Å². The lowest BCUT2D eigenvalue weighted by molar-refractivity contribution is -0.118. The van der Waals surface area contributed by atoms with Gasteiger partial charge in [-0.05, 0) is 55.3 Å². The molecule has 1 aliphatic rings. The second-order valence-corrected chi connectivity index (χ2v) is 5.63. The summed E-state index contributed by atoms with van der Waals surface area (Å²) >= 11 is 0. The molecule has 120 valence electrons. The van der Waals surface area contributed by atoms with Crippen molar-refractivity contribution in [2.24, 2.45) is 0 Å². The number of anilines is 2. The monoisotopic (exact) mass is 319 g/mol. The minimum absolute atomic E-state index is 0.134. The van der Waals surface area contributed by atoms with Crippen LogP contribution in [0.4, 0.5) is 11.4 Å². The number of fused-ring (bicyclic) bond motifs is 1. The van der Waals surface area contributed by atoms with Crippen LogP contribution in [0, 0.1) is 11.3 Å². The average Bonchev–Trinajstić information content (AvgIpc) is 2.61. The Bertz CT molecular complexity index is 852. The van der Waals surface area contributed by atoms with Gasteiger partial charge in [-0.25, -0.2) is 0 Å². The van der Waals surface area contributed by atoms with Crippen molar-refractivity contribution in [3.05, 3.63) is 59.2 Å². The van der Waals surface area contributed by atoms with Crippen molar-refractivity contribution in [2.75, 3.05) is 16.8 Å². The van der Waals surface area contributed by atoms with Gasteiger partial charge in [0.1, 0.15) is 0 Å². The lowest BCUT2D eigenvalue weighted by atomic mass is 10.0. The molecule has 2 amide bonds. The van der Waals surface area contributed by atoms with Crippen LogP contribution in [0.1, 0.15) is 34.8 Å². The molecule has 0 aliphatic carbocycles. The normalized spacial score (nSPS) is 13.2. The highest BCUT2D eigenvalue weighted by molar-refractivity contribution is 6.05. The second-order valence-electron chi connectivity index (χ2n) is 5.63. The van der Waals surface area contributed by atoms with E-state index >= 15 is 0 Å². The number of nitrogens with zero attached hydrogens (tertiary/aromatic N) is 2. The standard InChI is InChI=1S/C19H17N3O2/c1-2-22-17-8-7-16(11-14(17)6-9-18(22)23)21-19(24)15-5-3-4-13(10-15)12-20/h3-5,7-8,10-11H,2,6,9H2,1H3,(H,21,24). The topological polar surface area (TPSA) is 73.2 Å². The van der Waals surface area contributed by atoms with Crippen LogP contribution in [0.5, 0.6) is 0 Å². The van der Waals surface area contributed by atoms with Crippen LogP contribution in [0.25, 0.3) is 0 Å². The number of hydrogen-bond donors (Lipinski definition) is 1. The van der Waals surface area contributed by atoms with Gasteiger partial charge in [-0.2, -0.15) is 5.26 Å². The molecule has 0 fully saturated rings. The van der Waals surface area contributed by atoms with Crippen molar-refractivity contribution in [3.8, 4) is 6.07 Å². The minimum Gasteiger partial charge on any atom is -0.322 e. The number of carbonyl (C=O) groups is 2. The summed E-state index contributed by atoms with van der Waals surface area (Å²) in [5.41, 5.74) is 3.55. The Morgan fingerprint density at radius 2 is 2.08 bits per heavy atom. The summed E-state index contributed by atoms with van der Waals surface area (Å²) in [6.45, 7) is 2.59. The third kappa shape index (κ3) is 2.99. The molecule has 0 unspecified atom stereocenters. The van der Waals surface area contributed by atoms with E-state index in [9.17, 15) is 9.59 Å².